The molecule has 0 aliphatic carbocycles. The average molecular weight is 263 g/mol. The van der Waals surface area contributed by atoms with Crippen molar-refractivity contribution in [3.05, 3.63) is 42.4 Å². The van der Waals surface area contributed by atoms with E-state index in [1.54, 1.807) is 12.5 Å². The summed E-state index contributed by atoms with van der Waals surface area (Å²) in [6.45, 7) is 1.96. The molecule has 19 heavy (non-hydrogen) atoms. The highest BCUT2D eigenvalue weighted by molar-refractivity contribution is 5.59. The molecule has 5 heteroatoms. The van der Waals surface area contributed by atoms with E-state index in [2.05, 4.69) is 10.3 Å². The molecular weight excluding hydrogens is 248 g/mol. The maximum absolute atomic E-state index is 13.7. The van der Waals surface area contributed by atoms with Crippen molar-refractivity contribution < 1.29 is 8.78 Å². The van der Waals surface area contributed by atoms with Gasteiger partial charge in [-0.25, -0.2) is 13.8 Å². The number of rotatable bonds is 2. The van der Waals surface area contributed by atoms with Crippen LogP contribution >= 0.6 is 0 Å². The molecule has 0 radical (unpaired) electrons. The Morgan fingerprint density at radius 3 is 2.79 bits per heavy atom. The molecule has 3 nitrogen and oxygen atoms in total. The number of piperidine rings is 1. The van der Waals surface area contributed by atoms with Gasteiger partial charge in [-0.3, -0.25) is 0 Å². The number of aromatic nitrogens is 2. The molecule has 0 spiro atoms. The van der Waals surface area contributed by atoms with Gasteiger partial charge in [0.15, 0.2) is 0 Å². The topological polar surface area (TPSA) is 29.9 Å². The van der Waals surface area contributed by atoms with Crippen LogP contribution in [0.5, 0.6) is 0 Å². The lowest BCUT2D eigenvalue weighted by molar-refractivity contribution is 0.368. The molecule has 100 valence electrons. The summed E-state index contributed by atoms with van der Waals surface area (Å²) in [5.74, 6) is -0.898. The van der Waals surface area contributed by atoms with E-state index in [0.717, 1.165) is 38.1 Å². The van der Waals surface area contributed by atoms with Crippen molar-refractivity contribution in [2.75, 3.05) is 13.1 Å². The van der Waals surface area contributed by atoms with Gasteiger partial charge in [0.2, 0.25) is 0 Å². The van der Waals surface area contributed by atoms with Crippen LogP contribution < -0.4 is 5.32 Å². The van der Waals surface area contributed by atoms with Gasteiger partial charge in [0, 0.05) is 17.8 Å². The van der Waals surface area contributed by atoms with E-state index in [1.165, 1.54) is 6.07 Å². The maximum Gasteiger partial charge on any atom is 0.132 e. The van der Waals surface area contributed by atoms with Crippen molar-refractivity contribution in [3.8, 4) is 11.3 Å². The number of benzene rings is 1. The number of halogens is 2. The molecule has 1 aliphatic heterocycles. The van der Waals surface area contributed by atoms with Crippen molar-refractivity contribution in [2.45, 2.75) is 18.9 Å². The molecule has 2 aromatic rings. The Labute approximate surface area is 110 Å². The fourth-order valence-corrected chi connectivity index (χ4v) is 2.47. The fourth-order valence-electron chi connectivity index (χ4n) is 2.47. The number of hydrogen-bond acceptors (Lipinski definition) is 2. The van der Waals surface area contributed by atoms with Crippen LogP contribution in [0.15, 0.2) is 30.7 Å². The molecule has 1 fully saturated rings. The second-order valence-corrected chi connectivity index (χ2v) is 4.81. The lowest BCUT2D eigenvalue weighted by Gasteiger charge is -2.23. The quantitative estimate of drug-likeness (QED) is 0.903. The second kappa shape index (κ2) is 5.09. The predicted molar refractivity (Wildman–Crippen MR) is 68.7 cm³/mol. The first kappa shape index (κ1) is 12.3. The molecular formula is C14H15F2N3. The van der Waals surface area contributed by atoms with Crippen LogP contribution in [0, 0.1) is 11.6 Å². The Hall–Kier alpha value is -1.75. The third kappa shape index (κ3) is 2.51. The summed E-state index contributed by atoms with van der Waals surface area (Å²) >= 11 is 0. The molecule has 0 amide bonds. The van der Waals surface area contributed by atoms with Gasteiger partial charge in [-0.05, 0) is 44.1 Å². The Balaban J connectivity index is 1.89. The normalized spacial score (nSPS) is 16.7. The molecule has 1 N–H and O–H groups in total. The molecule has 3 rings (SSSR count). The number of nitrogens with zero attached hydrogens (tertiary/aromatic N) is 2. The third-order valence-electron chi connectivity index (χ3n) is 3.54. The van der Waals surface area contributed by atoms with Gasteiger partial charge in [-0.15, -0.1) is 0 Å². The lowest BCUT2D eigenvalue weighted by atomic mass is 10.1. The van der Waals surface area contributed by atoms with Crippen LogP contribution in [0.1, 0.15) is 18.9 Å². The third-order valence-corrected chi connectivity index (χ3v) is 3.54. The molecule has 0 saturated carbocycles. The number of imidazole rings is 1. The summed E-state index contributed by atoms with van der Waals surface area (Å²) in [7, 11) is 0. The molecule has 0 bridgehead atoms. The van der Waals surface area contributed by atoms with E-state index in [9.17, 15) is 8.78 Å². The highest BCUT2D eigenvalue weighted by atomic mass is 19.1. The van der Waals surface area contributed by atoms with E-state index < -0.39 is 11.6 Å². The monoisotopic (exact) mass is 263 g/mol. The summed E-state index contributed by atoms with van der Waals surface area (Å²) in [6.07, 6.45) is 5.56. The van der Waals surface area contributed by atoms with Gasteiger partial charge < -0.3 is 9.88 Å². The van der Waals surface area contributed by atoms with Gasteiger partial charge in [-0.1, -0.05) is 0 Å². The van der Waals surface area contributed by atoms with Crippen LogP contribution in [-0.2, 0) is 0 Å². The van der Waals surface area contributed by atoms with Gasteiger partial charge in [-0.2, -0.15) is 0 Å². The largest absolute Gasteiger partial charge is 0.334 e. The zero-order valence-electron chi connectivity index (χ0n) is 10.4. The van der Waals surface area contributed by atoms with Crippen LogP contribution in [0.25, 0.3) is 11.3 Å². The fraction of sp³-hybridized carbons (Fsp3) is 0.357. The Kier molecular flexibility index (Phi) is 3.29. The predicted octanol–water partition coefficient (Wildman–Crippen LogP) is 2.75. The van der Waals surface area contributed by atoms with E-state index in [4.69, 9.17) is 0 Å². The summed E-state index contributed by atoms with van der Waals surface area (Å²) in [5, 5.41) is 3.30. The van der Waals surface area contributed by atoms with Crippen molar-refractivity contribution in [1.29, 1.82) is 0 Å². The van der Waals surface area contributed by atoms with Gasteiger partial charge in [0.25, 0.3) is 0 Å². The molecule has 0 atom stereocenters. The van der Waals surface area contributed by atoms with E-state index in [1.807, 2.05) is 4.57 Å². The summed E-state index contributed by atoms with van der Waals surface area (Å²) in [5.41, 5.74) is 0.697. The first-order chi connectivity index (χ1) is 9.24. The van der Waals surface area contributed by atoms with Gasteiger partial charge >= 0.3 is 0 Å². The smallest absolute Gasteiger partial charge is 0.132 e. The van der Waals surface area contributed by atoms with E-state index >= 15 is 0 Å². The molecule has 1 saturated heterocycles. The summed E-state index contributed by atoms with van der Waals surface area (Å²) in [6, 6.07) is 3.82. The Bertz CT molecular complexity index is 574. The SMILES string of the molecule is Fc1ccc(F)c(-c2cn(C3CCNCC3)cn2)c1. The minimum absolute atomic E-state index is 0.215. The minimum atomic E-state index is -0.451. The highest BCUT2D eigenvalue weighted by Gasteiger charge is 2.16. The molecule has 1 aromatic heterocycles. The van der Waals surface area contributed by atoms with Crippen LogP contribution in [0.2, 0.25) is 0 Å². The van der Waals surface area contributed by atoms with Crippen molar-refractivity contribution in [3.63, 3.8) is 0 Å². The molecule has 1 aromatic carbocycles. The van der Waals surface area contributed by atoms with Crippen LogP contribution in [0.3, 0.4) is 0 Å². The molecule has 0 unspecified atom stereocenters. The van der Waals surface area contributed by atoms with Crippen LogP contribution in [0.4, 0.5) is 8.78 Å². The Morgan fingerprint density at radius 2 is 2.00 bits per heavy atom. The summed E-state index contributed by atoms with van der Waals surface area (Å²) < 4.78 is 28.9. The van der Waals surface area contributed by atoms with Crippen LogP contribution in [-0.4, -0.2) is 22.6 Å². The molecule has 2 heterocycles. The van der Waals surface area contributed by atoms with Crippen molar-refractivity contribution in [2.24, 2.45) is 0 Å². The standard InChI is InChI=1S/C14H15F2N3/c15-10-1-2-13(16)12(7-10)14-8-19(9-18-14)11-3-5-17-6-4-11/h1-2,7-9,11,17H,3-6H2. The van der Waals surface area contributed by atoms with Crippen molar-refractivity contribution in [1.82, 2.24) is 14.9 Å². The van der Waals surface area contributed by atoms with Gasteiger partial charge in [0.1, 0.15) is 11.6 Å². The first-order valence-corrected chi connectivity index (χ1v) is 6.43. The average Bonchev–Trinajstić information content (AvgIpc) is 2.92. The highest BCUT2D eigenvalue weighted by Crippen LogP contribution is 2.25. The van der Waals surface area contributed by atoms with E-state index in [-0.39, 0.29) is 5.56 Å². The second-order valence-electron chi connectivity index (χ2n) is 4.81. The number of nitrogens with one attached hydrogen (secondary N) is 1. The minimum Gasteiger partial charge on any atom is -0.334 e. The summed E-state index contributed by atoms with van der Waals surface area (Å²) in [4.78, 5) is 4.20. The maximum atomic E-state index is 13.7. The van der Waals surface area contributed by atoms with E-state index in [0.29, 0.717) is 11.7 Å². The van der Waals surface area contributed by atoms with Gasteiger partial charge in [0.05, 0.1) is 12.0 Å². The zero-order valence-corrected chi connectivity index (χ0v) is 10.4. The first-order valence-electron chi connectivity index (χ1n) is 6.43. The number of hydrogen-bond donors (Lipinski definition) is 1. The Morgan fingerprint density at radius 1 is 1.21 bits per heavy atom. The molecule has 1 aliphatic rings. The van der Waals surface area contributed by atoms with Crippen molar-refractivity contribution >= 4 is 0 Å². The zero-order chi connectivity index (χ0) is 13.2. The lowest BCUT2D eigenvalue weighted by Crippen LogP contribution is -2.28.